The predicted octanol–water partition coefficient (Wildman–Crippen LogP) is 0.758. The van der Waals surface area contributed by atoms with Crippen LogP contribution in [0.25, 0.3) is 0 Å². The quantitative estimate of drug-likeness (QED) is 0.706. The van der Waals surface area contributed by atoms with Gasteiger partial charge in [0.2, 0.25) is 15.9 Å². The third-order valence-corrected chi connectivity index (χ3v) is 6.09. The van der Waals surface area contributed by atoms with E-state index < -0.39 is 10.0 Å². The molecule has 152 valence electrons. The Morgan fingerprint density at radius 1 is 1.30 bits per heavy atom. The van der Waals surface area contributed by atoms with Crippen LogP contribution in [0.1, 0.15) is 19.3 Å². The van der Waals surface area contributed by atoms with Gasteiger partial charge in [-0.15, -0.1) is 12.4 Å². The lowest BCUT2D eigenvalue weighted by Gasteiger charge is -2.23. The first kappa shape index (κ1) is 21.7. The highest BCUT2D eigenvalue weighted by Gasteiger charge is 2.24. The molecule has 1 amide bonds. The van der Waals surface area contributed by atoms with Gasteiger partial charge >= 0.3 is 0 Å². The normalized spacial score (nSPS) is 19.1. The average Bonchev–Trinajstić information content (AvgIpc) is 3.05. The van der Waals surface area contributed by atoms with E-state index in [0.717, 1.165) is 25.9 Å². The number of nitrogens with one attached hydrogen (secondary N) is 2. The smallest absolute Gasteiger partial charge is 0.240 e. The number of ether oxygens (including phenoxy) is 2. The summed E-state index contributed by atoms with van der Waals surface area (Å²) in [6.07, 6.45) is 1.79. The number of halogens is 1. The largest absolute Gasteiger partial charge is 0.490 e. The molecular weight excluding hydrogens is 394 g/mol. The molecule has 2 aliphatic heterocycles. The van der Waals surface area contributed by atoms with Crippen LogP contribution in [-0.4, -0.2) is 65.2 Å². The van der Waals surface area contributed by atoms with Crippen LogP contribution < -0.4 is 19.5 Å². The average molecular weight is 420 g/mol. The van der Waals surface area contributed by atoms with Crippen LogP contribution in [0.3, 0.4) is 0 Å². The lowest BCUT2D eigenvalue weighted by Crippen LogP contribution is -2.40. The number of amides is 1. The standard InChI is InChI=1S/C17H25N3O5S.ClH/c1-20(13-5-7-18-12-13)17(21)6-8-19-26(22,23)14-3-4-15-16(11-14)25-10-2-9-24-15;/h3-4,11,13,18-19H,2,5-10,12H2,1H3;1H. The van der Waals surface area contributed by atoms with Gasteiger partial charge in [0.1, 0.15) is 0 Å². The Hall–Kier alpha value is -1.55. The molecule has 27 heavy (non-hydrogen) atoms. The summed E-state index contributed by atoms with van der Waals surface area (Å²) in [5, 5.41) is 3.21. The van der Waals surface area contributed by atoms with Crippen molar-refractivity contribution in [3.8, 4) is 11.5 Å². The summed E-state index contributed by atoms with van der Waals surface area (Å²) in [5.41, 5.74) is 0. The molecular formula is C17H26ClN3O5S. The Kier molecular flexibility index (Phi) is 7.72. The van der Waals surface area contributed by atoms with E-state index in [9.17, 15) is 13.2 Å². The number of carbonyl (C=O) groups is 1. The summed E-state index contributed by atoms with van der Waals surface area (Å²) in [4.78, 5) is 14.0. The van der Waals surface area contributed by atoms with E-state index in [4.69, 9.17) is 9.47 Å². The summed E-state index contributed by atoms with van der Waals surface area (Å²) >= 11 is 0. The first-order chi connectivity index (χ1) is 12.5. The van der Waals surface area contributed by atoms with Gasteiger partial charge in [0.05, 0.1) is 18.1 Å². The highest BCUT2D eigenvalue weighted by Crippen LogP contribution is 2.31. The number of fused-ring (bicyclic) bond motifs is 1. The van der Waals surface area contributed by atoms with E-state index >= 15 is 0 Å². The van der Waals surface area contributed by atoms with Gasteiger partial charge in [0.15, 0.2) is 11.5 Å². The number of benzene rings is 1. The number of carbonyl (C=O) groups excluding carboxylic acids is 1. The number of sulfonamides is 1. The van der Waals surface area contributed by atoms with Gasteiger partial charge in [0.25, 0.3) is 0 Å². The van der Waals surface area contributed by atoms with Crippen molar-refractivity contribution in [2.45, 2.75) is 30.2 Å². The van der Waals surface area contributed by atoms with Gasteiger partial charge in [-0.25, -0.2) is 13.1 Å². The van der Waals surface area contributed by atoms with Crippen molar-refractivity contribution in [3.05, 3.63) is 18.2 Å². The molecule has 8 nitrogen and oxygen atoms in total. The maximum Gasteiger partial charge on any atom is 0.240 e. The van der Waals surface area contributed by atoms with Gasteiger partial charge in [-0.05, 0) is 25.1 Å². The second-order valence-electron chi connectivity index (χ2n) is 6.46. The Bertz CT molecular complexity index is 753. The van der Waals surface area contributed by atoms with Crippen molar-refractivity contribution in [2.75, 3.05) is 39.9 Å². The molecule has 1 aromatic carbocycles. The van der Waals surface area contributed by atoms with E-state index in [0.29, 0.717) is 24.7 Å². The molecule has 10 heteroatoms. The van der Waals surface area contributed by atoms with Crippen LogP contribution in [0.4, 0.5) is 0 Å². The lowest BCUT2D eigenvalue weighted by atomic mass is 10.2. The summed E-state index contributed by atoms with van der Waals surface area (Å²) in [7, 11) is -1.95. The number of rotatable bonds is 6. The van der Waals surface area contributed by atoms with Crippen LogP contribution in [-0.2, 0) is 14.8 Å². The summed E-state index contributed by atoms with van der Waals surface area (Å²) in [6.45, 7) is 2.77. The minimum atomic E-state index is -3.71. The van der Waals surface area contributed by atoms with Crippen molar-refractivity contribution >= 4 is 28.3 Å². The molecule has 2 heterocycles. The van der Waals surface area contributed by atoms with Crippen molar-refractivity contribution < 1.29 is 22.7 Å². The SMILES string of the molecule is CN(C(=O)CCNS(=O)(=O)c1ccc2c(c1)OCCCO2)C1CCNC1.Cl. The van der Waals surface area contributed by atoms with E-state index in [2.05, 4.69) is 10.0 Å². The molecule has 1 fully saturated rings. The highest BCUT2D eigenvalue weighted by molar-refractivity contribution is 7.89. The Morgan fingerprint density at radius 2 is 2.04 bits per heavy atom. The second-order valence-corrected chi connectivity index (χ2v) is 8.23. The predicted molar refractivity (Wildman–Crippen MR) is 103 cm³/mol. The summed E-state index contributed by atoms with van der Waals surface area (Å²) in [6, 6.07) is 4.72. The third-order valence-electron chi connectivity index (χ3n) is 4.64. The lowest BCUT2D eigenvalue weighted by molar-refractivity contribution is -0.131. The Morgan fingerprint density at radius 3 is 2.74 bits per heavy atom. The Labute approximate surface area is 166 Å². The molecule has 1 atom stereocenters. The maximum absolute atomic E-state index is 12.5. The van der Waals surface area contributed by atoms with Crippen molar-refractivity contribution in [2.24, 2.45) is 0 Å². The van der Waals surface area contributed by atoms with Gasteiger partial charge < -0.3 is 19.7 Å². The van der Waals surface area contributed by atoms with Crippen LogP contribution >= 0.6 is 12.4 Å². The third kappa shape index (κ3) is 5.47. The van der Waals surface area contributed by atoms with Crippen LogP contribution in [0.15, 0.2) is 23.1 Å². The highest BCUT2D eigenvalue weighted by atomic mass is 35.5. The first-order valence-corrected chi connectivity index (χ1v) is 10.3. The second kappa shape index (κ2) is 9.59. The topological polar surface area (TPSA) is 97.0 Å². The minimum absolute atomic E-state index is 0. The maximum atomic E-state index is 12.5. The van der Waals surface area contributed by atoms with Gasteiger partial charge in [-0.2, -0.15) is 0 Å². The van der Waals surface area contributed by atoms with E-state index in [-0.39, 0.29) is 42.2 Å². The molecule has 0 aliphatic carbocycles. The summed E-state index contributed by atoms with van der Waals surface area (Å²) < 4.78 is 38.5. The molecule has 1 aromatic rings. The molecule has 3 rings (SSSR count). The van der Waals surface area contributed by atoms with Gasteiger partial charge in [-0.1, -0.05) is 0 Å². The molecule has 0 spiro atoms. The molecule has 2 N–H and O–H groups in total. The monoisotopic (exact) mass is 419 g/mol. The minimum Gasteiger partial charge on any atom is -0.490 e. The zero-order valence-electron chi connectivity index (χ0n) is 15.3. The first-order valence-electron chi connectivity index (χ1n) is 8.83. The Balaban J connectivity index is 0.00000261. The molecule has 0 aromatic heterocycles. The van der Waals surface area contributed by atoms with E-state index in [1.54, 1.807) is 18.0 Å². The molecule has 2 aliphatic rings. The zero-order chi connectivity index (χ0) is 18.6. The van der Waals surface area contributed by atoms with Crippen LogP contribution in [0, 0.1) is 0 Å². The molecule has 1 saturated heterocycles. The fourth-order valence-electron chi connectivity index (χ4n) is 3.04. The molecule has 0 saturated carbocycles. The fraction of sp³-hybridized carbons (Fsp3) is 0.588. The van der Waals surface area contributed by atoms with Gasteiger partial charge in [-0.3, -0.25) is 4.79 Å². The van der Waals surface area contributed by atoms with Crippen molar-refractivity contribution in [3.63, 3.8) is 0 Å². The number of hydrogen-bond acceptors (Lipinski definition) is 6. The number of likely N-dealkylation sites (N-methyl/N-ethyl adjacent to an activating group) is 1. The van der Waals surface area contributed by atoms with Crippen LogP contribution in [0.5, 0.6) is 11.5 Å². The molecule has 1 unspecified atom stereocenters. The fourth-order valence-corrected chi connectivity index (χ4v) is 4.08. The number of hydrogen-bond donors (Lipinski definition) is 2. The van der Waals surface area contributed by atoms with Gasteiger partial charge in [0, 0.05) is 45.1 Å². The van der Waals surface area contributed by atoms with Crippen molar-refractivity contribution in [1.29, 1.82) is 0 Å². The number of nitrogens with zero attached hydrogens (tertiary/aromatic N) is 1. The molecule has 0 bridgehead atoms. The molecule has 0 radical (unpaired) electrons. The van der Waals surface area contributed by atoms with E-state index in [1.807, 2.05) is 0 Å². The van der Waals surface area contributed by atoms with Crippen molar-refractivity contribution in [1.82, 2.24) is 14.9 Å². The van der Waals surface area contributed by atoms with Crippen LogP contribution in [0.2, 0.25) is 0 Å². The zero-order valence-corrected chi connectivity index (χ0v) is 16.9. The van der Waals surface area contributed by atoms with E-state index in [1.165, 1.54) is 12.1 Å². The summed E-state index contributed by atoms with van der Waals surface area (Å²) in [5.74, 6) is 0.901.